The Morgan fingerprint density at radius 2 is 1.80 bits per heavy atom. The molecule has 3 aromatic carbocycles. The number of nitrogens with zero attached hydrogens (tertiary/aromatic N) is 1. The minimum Gasteiger partial charge on any atom is -0.503 e. The molecule has 0 radical (unpaired) electrons. The van der Waals surface area contributed by atoms with E-state index >= 15 is 0 Å². The molecular weight excluding hydrogens is 466 g/mol. The third kappa shape index (κ3) is 3.50. The number of benzene rings is 3. The summed E-state index contributed by atoms with van der Waals surface area (Å²) in [5.41, 5.74) is 1.16. The number of rotatable bonds is 5. The van der Waals surface area contributed by atoms with Gasteiger partial charge in [-0.15, -0.1) is 0 Å². The van der Waals surface area contributed by atoms with Crippen molar-refractivity contribution in [3.8, 4) is 0 Å². The quantitative estimate of drug-likeness (QED) is 0.284. The maximum Gasteiger partial charge on any atom is 0.290 e. The lowest BCUT2D eigenvalue weighted by molar-refractivity contribution is -0.130. The molecule has 1 amide bonds. The third-order valence-corrected chi connectivity index (χ3v) is 6.51. The van der Waals surface area contributed by atoms with Gasteiger partial charge in [0.1, 0.15) is 11.3 Å². The smallest absolute Gasteiger partial charge is 0.290 e. The summed E-state index contributed by atoms with van der Waals surface area (Å²) in [5.74, 6) is -1.27. The molecule has 0 spiro atoms. The first-order valence-electron chi connectivity index (χ1n) is 11.0. The van der Waals surface area contributed by atoms with E-state index in [0.717, 1.165) is 16.3 Å². The summed E-state index contributed by atoms with van der Waals surface area (Å²) in [6.07, 6.45) is 1.52. The molecule has 1 unspecified atom stereocenters. The molecule has 3 heterocycles. The zero-order valence-corrected chi connectivity index (χ0v) is 19.0. The predicted octanol–water partition coefficient (Wildman–Crippen LogP) is 6.61. The van der Waals surface area contributed by atoms with E-state index in [1.807, 2.05) is 42.5 Å². The topological polar surface area (TPSA) is 83.9 Å². The molecule has 35 heavy (non-hydrogen) atoms. The molecule has 1 atom stereocenters. The highest BCUT2D eigenvalue weighted by atomic mass is 35.5. The van der Waals surface area contributed by atoms with Crippen molar-refractivity contribution in [3.05, 3.63) is 119 Å². The summed E-state index contributed by atoms with van der Waals surface area (Å²) in [4.78, 5) is 28.5. The van der Waals surface area contributed by atoms with Crippen LogP contribution in [0.5, 0.6) is 0 Å². The highest BCUT2D eigenvalue weighted by Gasteiger charge is 2.45. The molecule has 0 saturated carbocycles. The zero-order chi connectivity index (χ0) is 24.1. The second-order valence-corrected chi connectivity index (χ2v) is 8.80. The van der Waals surface area contributed by atoms with E-state index in [2.05, 4.69) is 0 Å². The summed E-state index contributed by atoms with van der Waals surface area (Å²) in [6, 6.07) is 22.6. The molecule has 1 aliphatic rings. The van der Waals surface area contributed by atoms with Crippen LogP contribution in [0.4, 0.5) is 0 Å². The van der Waals surface area contributed by atoms with Gasteiger partial charge in [-0.05, 0) is 52.7 Å². The van der Waals surface area contributed by atoms with E-state index in [1.165, 1.54) is 11.2 Å². The summed E-state index contributed by atoms with van der Waals surface area (Å²) in [7, 11) is 0. The normalized spacial score (nSPS) is 16.1. The first kappa shape index (κ1) is 21.3. The molecule has 7 heteroatoms. The number of carbonyl (C=O) groups is 2. The molecule has 0 fully saturated rings. The number of carbonyl (C=O) groups excluding carboxylic acids is 2. The largest absolute Gasteiger partial charge is 0.503 e. The Morgan fingerprint density at radius 3 is 2.63 bits per heavy atom. The first-order chi connectivity index (χ1) is 17.0. The molecule has 172 valence electrons. The number of hydrogen-bond acceptors (Lipinski definition) is 5. The average Bonchev–Trinajstić information content (AvgIpc) is 3.59. The van der Waals surface area contributed by atoms with Crippen LogP contribution < -0.4 is 0 Å². The van der Waals surface area contributed by atoms with Gasteiger partial charge >= 0.3 is 0 Å². The predicted molar refractivity (Wildman–Crippen MR) is 131 cm³/mol. The highest BCUT2D eigenvalue weighted by Crippen LogP contribution is 2.42. The van der Waals surface area contributed by atoms with Crippen LogP contribution in [0.2, 0.25) is 5.02 Å². The monoisotopic (exact) mass is 483 g/mol. The van der Waals surface area contributed by atoms with E-state index < -0.39 is 23.5 Å². The zero-order valence-electron chi connectivity index (χ0n) is 18.3. The van der Waals surface area contributed by atoms with Crippen LogP contribution in [0, 0.1) is 0 Å². The Balaban J connectivity index is 1.52. The van der Waals surface area contributed by atoms with Gasteiger partial charge in [-0.2, -0.15) is 0 Å². The van der Waals surface area contributed by atoms with Crippen LogP contribution in [0.3, 0.4) is 0 Å². The number of furan rings is 2. The minimum atomic E-state index is -0.844. The van der Waals surface area contributed by atoms with Crippen molar-refractivity contribution in [1.82, 2.24) is 4.90 Å². The van der Waals surface area contributed by atoms with Gasteiger partial charge in [-0.3, -0.25) is 9.59 Å². The number of aliphatic hydroxyl groups excluding tert-OH is 1. The number of Topliss-reactive ketones (excluding diaryl/α,β-unsaturated/α-hetero) is 1. The lowest BCUT2D eigenvalue weighted by atomic mass is 9.91. The third-order valence-electron chi connectivity index (χ3n) is 6.27. The van der Waals surface area contributed by atoms with Crippen molar-refractivity contribution in [1.29, 1.82) is 0 Å². The number of halogens is 1. The van der Waals surface area contributed by atoms with E-state index in [4.69, 9.17) is 20.4 Å². The van der Waals surface area contributed by atoms with Gasteiger partial charge in [0.25, 0.3) is 5.91 Å². The Bertz CT molecular complexity index is 1640. The number of aliphatic hydroxyl groups is 1. The Labute approximate surface area is 204 Å². The van der Waals surface area contributed by atoms with Crippen LogP contribution in [0.1, 0.15) is 27.9 Å². The van der Waals surface area contributed by atoms with E-state index in [1.54, 1.807) is 36.4 Å². The summed E-state index contributed by atoms with van der Waals surface area (Å²) >= 11 is 6.09. The van der Waals surface area contributed by atoms with Crippen LogP contribution in [-0.4, -0.2) is 21.7 Å². The van der Waals surface area contributed by atoms with Crippen molar-refractivity contribution >= 4 is 45.0 Å². The van der Waals surface area contributed by atoms with Crippen molar-refractivity contribution in [2.24, 2.45) is 0 Å². The lowest BCUT2D eigenvalue weighted by Crippen LogP contribution is -2.30. The van der Waals surface area contributed by atoms with Crippen molar-refractivity contribution in [3.63, 3.8) is 0 Å². The Morgan fingerprint density at radius 1 is 0.971 bits per heavy atom. The second-order valence-electron chi connectivity index (χ2n) is 8.37. The fourth-order valence-corrected chi connectivity index (χ4v) is 4.87. The van der Waals surface area contributed by atoms with E-state index in [9.17, 15) is 14.7 Å². The number of ketones is 1. The molecule has 5 aromatic rings. The van der Waals surface area contributed by atoms with Crippen LogP contribution in [0.25, 0.3) is 21.7 Å². The number of amides is 1. The van der Waals surface area contributed by atoms with Gasteiger partial charge in [-0.25, -0.2) is 0 Å². The first-order valence-corrected chi connectivity index (χ1v) is 11.4. The molecule has 1 N–H and O–H groups in total. The number of fused-ring (bicyclic) bond motifs is 2. The lowest BCUT2D eigenvalue weighted by Gasteiger charge is -2.27. The maximum absolute atomic E-state index is 13.8. The Hall–Kier alpha value is -4.29. The maximum atomic E-state index is 13.8. The molecular formula is C28H18ClNO5. The molecule has 1 aliphatic heterocycles. The van der Waals surface area contributed by atoms with Gasteiger partial charge in [0.15, 0.2) is 11.5 Å². The molecule has 2 aromatic heterocycles. The summed E-state index contributed by atoms with van der Waals surface area (Å²) in [6.45, 7) is 0.0797. The minimum absolute atomic E-state index is 0.0155. The Kier molecular flexibility index (Phi) is 4.97. The summed E-state index contributed by atoms with van der Waals surface area (Å²) in [5, 5.41) is 14.0. The fraction of sp³-hybridized carbons (Fsp3) is 0.0714. The van der Waals surface area contributed by atoms with Crippen LogP contribution >= 0.6 is 11.6 Å². The molecule has 6 nitrogen and oxygen atoms in total. The SMILES string of the molecule is O=C(C1=C(O)C(=O)N(Cc2ccco2)C1c1cccc2ccccc12)c1cc2cc(Cl)ccc2o1. The van der Waals surface area contributed by atoms with Gasteiger partial charge in [-0.1, -0.05) is 54.1 Å². The van der Waals surface area contributed by atoms with Gasteiger partial charge in [0.2, 0.25) is 5.78 Å². The highest BCUT2D eigenvalue weighted by molar-refractivity contribution is 6.31. The van der Waals surface area contributed by atoms with Gasteiger partial charge in [0.05, 0.1) is 24.4 Å². The fourth-order valence-electron chi connectivity index (χ4n) is 4.69. The van der Waals surface area contributed by atoms with Gasteiger partial charge < -0.3 is 18.8 Å². The molecule has 0 bridgehead atoms. The summed E-state index contributed by atoms with van der Waals surface area (Å²) < 4.78 is 11.3. The van der Waals surface area contributed by atoms with Crippen LogP contribution in [0.15, 0.2) is 105 Å². The van der Waals surface area contributed by atoms with E-state index in [0.29, 0.717) is 21.8 Å². The second kappa shape index (κ2) is 8.18. The molecule has 6 rings (SSSR count). The molecule has 0 aliphatic carbocycles. The van der Waals surface area contributed by atoms with Crippen molar-refractivity contribution < 1.29 is 23.5 Å². The standard InChI is InChI=1S/C28H18ClNO5/c29-18-10-11-22-17(13-18)14-23(35-22)26(31)24-25(21-9-3-6-16-5-1-2-8-20(16)21)30(28(33)27(24)32)15-19-7-4-12-34-19/h1-14,25,32H,15H2. The van der Waals surface area contributed by atoms with Crippen LogP contribution in [-0.2, 0) is 11.3 Å². The van der Waals surface area contributed by atoms with Gasteiger partial charge in [0, 0.05) is 10.4 Å². The van der Waals surface area contributed by atoms with E-state index in [-0.39, 0.29) is 17.9 Å². The average molecular weight is 484 g/mol. The number of hydrogen-bond donors (Lipinski definition) is 1. The molecule has 0 saturated heterocycles. The van der Waals surface area contributed by atoms with Crippen molar-refractivity contribution in [2.45, 2.75) is 12.6 Å². The van der Waals surface area contributed by atoms with Crippen molar-refractivity contribution in [2.75, 3.05) is 0 Å².